The Balaban J connectivity index is 2.21. The average Bonchev–Trinajstić information content (AvgIpc) is 3.04. The van der Waals surface area contributed by atoms with Crippen molar-refractivity contribution in [3.05, 3.63) is 0 Å². The van der Waals surface area contributed by atoms with Gasteiger partial charge < -0.3 is 21.1 Å². The van der Waals surface area contributed by atoms with Crippen LogP contribution in [0.2, 0.25) is 0 Å². The molecule has 0 atom stereocenters. The zero-order valence-electron chi connectivity index (χ0n) is 9.00. The van der Waals surface area contributed by atoms with E-state index in [0.717, 1.165) is 0 Å². The van der Waals surface area contributed by atoms with Gasteiger partial charge in [0.2, 0.25) is 5.91 Å². The third-order valence-corrected chi connectivity index (χ3v) is 2.58. The highest BCUT2D eigenvalue weighted by Gasteiger charge is 2.50. The second-order valence-corrected chi connectivity index (χ2v) is 3.79. The molecule has 0 unspecified atom stereocenters. The summed E-state index contributed by atoms with van der Waals surface area (Å²) in [6.07, 6.45) is 1.16. The molecule has 7 nitrogen and oxygen atoms in total. The molecule has 1 aliphatic carbocycles. The van der Waals surface area contributed by atoms with Crippen molar-refractivity contribution in [2.24, 2.45) is 5.41 Å². The second-order valence-electron chi connectivity index (χ2n) is 3.79. The minimum absolute atomic E-state index is 0.0991. The van der Waals surface area contributed by atoms with E-state index >= 15 is 0 Å². The lowest BCUT2D eigenvalue weighted by Crippen LogP contribution is -2.44. The molecule has 0 bridgehead atoms. The predicted molar refractivity (Wildman–Crippen MR) is 54.8 cm³/mol. The molecule has 0 heterocycles. The Kier molecular flexibility index (Phi) is 3.70. The van der Waals surface area contributed by atoms with Gasteiger partial charge in [0.15, 0.2) is 0 Å². The van der Waals surface area contributed by atoms with Gasteiger partial charge in [0.25, 0.3) is 0 Å². The maximum atomic E-state index is 11.2. The van der Waals surface area contributed by atoms with E-state index < -0.39 is 17.4 Å². The normalized spacial score (nSPS) is 16.1. The maximum absolute atomic E-state index is 11.2. The van der Waals surface area contributed by atoms with E-state index in [0.29, 0.717) is 12.8 Å². The minimum Gasteiger partial charge on any atom is -0.481 e. The van der Waals surface area contributed by atoms with E-state index in [-0.39, 0.29) is 19.0 Å². The van der Waals surface area contributed by atoms with E-state index in [1.54, 1.807) is 0 Å². The lowest BCUT2D eigenvalue weighted by Gasteiger charge is -2.11. The first-order valence-electron chi connectivity index (χ1n) is 4.96. The third-order valence-electron chi connectivity index (χ3n) is 2.58. The standard InChI is InChI=1S/C9H15N3O4/c1-10-6(13)4-11-8(16)12-5-9(2-3-9)7(14)15/h2-5H2,1H3,(H,10,13)(H,14,15)(H2,11,12,16). The number of likely N-dealkylation sites (N-methyl/N-ethyl adjacent to an activating group) is 1. The smallest absolute Gasteiger partial charge is 0.315 e. The van der Waals surface area contributed by atoms with Crippen molar-refractivity contribution in [2.75, 3.05) is 20.1 Å². The molecule has 0 spiro atoms. The highest BCUT2D eigenvalue weighted by atomic mass is 16.4. The van der Waals surface area contributed by atoms with Gasteiger partial charge in [0.05, 0.1) is 12.0 Å². The largest absolute Gasteiger partial charge is 0.481 e. The van der Waals surface area contributed by atoms with Gasteiger partial charge in [-0.3, -0.25) is 9.59 Å². The Labute approximate surface area is 92.6 Å². The van der Waals surface area contributed by atoms with Crippen LogP contribution in [0.25, 0.3) is 0 Å². The van der Waals surface area contributed by atoms with Gasteiger partial charge in [-0.25, -0.2) is 4.79 Å². The number of amides is 3. The average molecular weight is 229 g/mol. The first-order chi connectivity index (χ1) is 7.50. The van der Waals surface area contributed by atoms with Crippen LogP contribution in [0.15, 0.2) is 0 Å². The molecule has 0 radical (unpaired) electrons. The van der Waals surface area contributed by atoms with Crippen molar-refractivity contribution >= 4 is 17.9 Å². The predicted octanol–water partition coefficient (Wildman–Crippen LogP) is -1.10. The molecule has 1 aliphatic rings. The summed E-state index contributed by atoms with van der Waals surface area (Å²) in [7, 11) is 1.46. The van der Waals surface area contributed by atoms with Crippen LogP contribution in [-0.4, -0.2) is 43.2 Å². The molecule has 7 heteroatoms. The lowest BCUT2D eigenvalue weighted by molar-refractivity contribution is -0.143. The number of aliphatic carboxylic acids is 1. The fraction of sp³-hybridized carbons (Fsp3) is 0.667. The van der Waals surface area contributed by atoms with E-state index in [1.165, 1.54) is 7.05 Å². The quantitative estimate of drug-likeness (QED) is 0.479. The van der Waals surface area contributed by atoms with Crippen LogP contribution in [0, 0.1) is 5.41 Å². The van der Waals surface area contributed by atoms with Gasteiger partial charge in [0.1, 0.15) is 0 Å². The van der Waals surface area contributed by atoms with Gasteiger partial charge in [-0.15, -0.1) is 0 Å². The van der Waals surface area contributed by atoms with Crippen LogP contribution in [0.1, 0.15) is 12.8 Å². The van der Waals surface area contributed by atoms with Crippen molar-refractivity contribution in [1.29, 1.82) is 0 Å². The van der Waals surface area contributed by atoms with Crippen molar-refractivity contribution in [3.8, 4) is 0 Å². The summed E-state index contributed by atoms with van der Waals surface area (Å²) in [5.41, 5.74) is -0.787. The molecule has 0 saturated heterocycles. The third kappa shape index (κ3) is 3.11. The van der Waals surface area contributed by atoms with Gasteiger partial charge in [-0.05, 0) is 12.8 Å². The summed E-state index contributed by atoms with van der Waals surface area (Å²) in [4.78, 5) is 32.7. The number of urea groups is 1. The fourth-order valence-corrected chi connectivity index (χ4v) is 1.18. The summed E-state index contributed by atoms with van der Waals surface area (Å²) < 4.78 is 0. The summed E-state index contributed by atoms with van der Waals surface area (Å²) in [6, 6.07) is -0.531. The number of hydrogen-bond donors (Lipinski definition) is 4. The number of carbonyl (C=O) groups excluding carboxylic acids is 2. The van der Waals surface area contributed by atoms with Crippen LogP contribution in [-0.2, 0) is 9.59 Å². The van der Waals surface area contributed by atoms with Crippen LogP contribution in [0.3, 0.4) is 0 Å². The topological polar surface area (TPSA) is 108 Å². The van der Waals surface area contributed by atoms with Crippen molar-refractivity contribution in [1.82, 2.24) is 16.0 Å². The number of carboxylic acid groups (broad SMARTS) is 1. The lowest BCUT2D eigenvalue weighted by atomic mass is 10.1. The molecular weight excluding hydrogens is 214 g/mol. The molecule has 3 amide bonds. The molecule has 4 N–H and O–H groups in total. The maximum Gasteiger partial charge on any atom is 0.315 e. The van der Waals surface area contributed by atoms with Crippen LogP contribution < -0.4 is 16.0 Å². The molecule has 0 aromatic heterocycles. The number of carbonyl (C=O) groups is 3. The summed E-state index contributed by atoms with van der Waals surface area (Å²) in [5.74, 6) is -1.20. The SMILES string of the molecule is CNC(=O)CNC(=O)NCC1(C(=O)O)CC1. The van der Waals surface area contributed by atoms with Crippen LogP contribution in [0.5, 0.6) is 0 Å². The number of carboxylic acids is 1. The van der Waals surface area contributed by atoms with Crippen LogP contribution >= 0.6 is 0 Å². The molecule has 90 valence electrons. The fourth-order valence-electron chi connectivity index (χ4n) is 1.18. The summed E-state index contributed by atoms with van der Waals surface area (Å²) in [5, 5.41) is 15.9. The molecule has 0 aromatic carbocycles. The summed E-state index contributed by atoms with van der Waals surface area (Å²) >= 11 is 0. The van der Waals surface area contributed by atoms with Crippen molar-refractivity contribution in [3.63, 3.8) is 0 Å². The van der Waals surface area contributed by atoms with Crippen molar-refractivity contribution in [2.45, 2.75) is 12.8 Å². The molecule has 1 saturated carbocycles. The Morgan fingerprint density at radius 2 is 1.88 bits per heavy atom. The first kappa shape index (κ1) is 12.3. The van der Waals surface area contributed by atoms with E-state index in [2.05, 4.69) is 16.0 Å². The Morgan fingerprint density at radius 1 is 1.25 bits per heavy atom. The Bertz CT molecular complexity index is 312. The Morgan fingerprint density at radius 3 is 2.31 bits per heavy atom. The van der Waals surface area contributed by atoms with Gasteiger partial charge in [0, 0.05) is 13.6 Å². The van der Waals surface area contributed by atoms with Crippen LogP contribution in [0.4, 0.5) is 4.79 Å². The number of nitrogens with one attached hydrogen (secondary N) is 3. The van der Waals surface area contributed by atoms with E-state index in [9.17, 15) is 14.4 Å². The van der Waals surface area contributed by atoms with Gasteiger partial charge >= 0.3 is 12.0 Å². The molecule has 1 fully saturated rings. The number of hydrogen-bond acceptors (Lipinski definition) is 3. The molecule has 1 rings (SSSR count). The minimum atomic E-state index is -0.890. The van der Waals surface area contributed by atoms with Gasteiger partial charge in [-0.2, -0.15) is 0 Å². The molecular formula is C9H15N3O4. The van der Waals surface area contributed by atoms with Crippen molar-refractivity contribution < 1.29 is 19.5 Å². The van der Waals surface area contributed by atoms with Gasteiger partial charge in [-0.1, -0.05) is 0 Å². The zero-order chi connectivity index (χ0) is 12.2. The second kappa shape index (κ2) is 4.82. The Hall–Kier alpha value is -1.79. The van der Waals surface area contributed by atoms with E-state index in [1.807, 2.05) is 0 Å². The van der Waals surface area contributed by atoms with E-state index in [4.69, 9.17) is 5.11 Å². The highest BCUT2D eigenvalue weighted by molar-refractivity contribution is 5.84. The summed E-state index contributed by atoms with van der Waals surface area (Å²) in [6.45, 7) is -0.0235. The highest BCUT2D eigenvalue weighted by Crippen LogP contribution is 2.45. The molecule has 0 aliphatic heterocycles. The monoisotopic (exact) mass is 229 g/mol. The first-order valence-corrected chi connectivity index (χ1v) is 4.96. The molecule has 0 aromatic rings. The molecule has 16 heavy (non-hydrogen) atoms. The zero-order valence-corrected chi connectivity index (χ0v) is 9.00. The number of rotatable bonds is 5.